The lowest BCUT2D eigenvalue weighted by molar-refractivity contribution is -0.301. The molecular weight excluding hydrogens is 480 g/mol. The fourth-order valence-electron chi connectivity index (χ4n) is 3.32. The molecule has 3 rings (SSSR count). The van der Waals surface area contributed by atoms with Crippen molar-refractivity contribution in [2.75, 3.05) is 26.4 Å². The highest BCUT2D eigenvalue weighted by Crippen LogP contribution is 2.22. The van der Waals surface area contributed by atoms with Crippen LogP contribution in [0.25, 0.3) is 0 Å². The summed E-state index contributed by atoms with van der Waals surface area (Å²) < 4.78 is 22.0. The maximum Gasteiger partial charge on any atom is 0.214 e. The average molecular weight is 511 g/mol. The monoisotopic (exact) mass is 510 g/mol. The Bertz CT molecular complexity index is 1140. The van der Waals surface area contributed by atoms with Gasteiger partial charge in [-0.3, -0.25) is 0 Å². The second-order valence-corrected chi connectivity index (χ2v) is 8.02. The zero-order valence-electron chi connectivity index (χ0n) is 20.2. The molecule has 0 aliphatic carbocycles. The number of hydrogen-bond acceptors (Lipinski definition) is 10. The van der Waals surface area contributed by atoms with Gasteiger partial charge in [0.05, 0.1) is 26.4 Å². The maximum atomic E-state index is 9.99. The molecule has 10 heteroatoms. The van der Waals surface area contributed by atoms with Crippen LogP contribution in [0.1, 0.15) is 29.9 Å². The molecule has 37 heavy (non-hydrogen) atoms. The van der Waals surface area contributed by atoms with E-state index in [4.69, 9.17) is 25.4 Å². The molecule has 2 aromatic rings. The second kappa shape index (κ2) is 14.3. The van der Waals surface area contributed by atoms with Crippen LogP contribution in [-0.2, 0) is 9.47 Å². The van der Waals surface area contributed by atoms with Gasteiger partial charge in [-0.25, -0.2) is 9.97 Å². The van der Waals surface area contributed by atoms with Gasteiger partial charge in [0.2, 0.25) is 5.88 Å². The van der Waals surface area contributed by atoms with Crippen molar-refractivity contribution in [1.29, 1.82) is 0 Å². The molecule has 3 heterocycles. The molecule has 0 bridgehead atoms. The average Bonchev–Trinajstić information content (AvgIpc) is 2.92. The summed E-state index contributed by atoms with van der Waals surface area (Å²) in [4.78, 5) is 8.65. The van der Waals surface area contributed by atoms with Gasteiger partial charge >= 0.3 is 0 Å². The lowest BCUT2D eigenvalue weighted by atomic mass is 9.99. The molecule has 0 spiro atoms. The highest BCUT2D eigenvalue weighted by Gasteiger charge is 2.43. The molecule has 2 aromatic heterocycles. The Kier molecular flexibility index (Phi) is 10.9. The molecule has 1 saturated heterocycles. The van der Waals surface area contributed by atoms with E-state index in [1.54, 1.807) is 36.4 Å². The first-order chi connectivity index (χ1) is 17.9. The van der Waals surface area contributed by atoms with Crippen molar-refractivity contribution in [1.82, 2.24) is 9.97 Å². The number of ether oxygens (including phenoxy) is 4. The van der Waals surface area contributed by atoms with Gasteiger partial charge in [0, 0.05) is 24.6 Å². The van der Waals surface area contributed by atoms with Crippen LogP contribution in [-0.4, -0.2) is 87.5 Å². The Balaban J connectivity index is 1.51. The van der Waals surface area contributed by atoms with E-state index in [2.05, 4.69) is 34.3 Å². The number of aromatic nitrogens is 2. The minimum atomic E-state index is -1.49. The SMILES string of the molecule is C#Cc1cc(OCCC=C)cc(C#Cc2cccc(OCCCO[C@H]3O[C@H](CO)[C@H](O)[C@H](O)[C@H]3O)n2)n1. The molecular formula is C27H30N2O8. The lowest BCUT2D eigenvalue weighted by Crippen LogP contribution is -2.59. The summed E-state index contributed by atoms with van der Waals surface area (Å²) >= 11 is 0. The van der Waals surface area contributed by atoms with Gasteiger partial charge in [-0.15, -0.1) is 13.0 Å². The Hall–Kier alpha value is -3.48. The van der Waals surface area contributed by atoms with Crippen molar-refractivity contribution in [3.8, 4) is 35.8 Å². The summed E-state index contributed by atoms with van der Waals surface area (Å²) in [6.45, 7) is 4.00. The molecule has 4 N–H and O–H groups in total. The minimum Gasteiger partial charge on any atom is -0.493 e. The first kappa shape index (κ1) is 28.1. The van der Waals surface area contributed by atoms with Crippen LogP contribution in [0, 0.1) is 24.2 Å². The van der Waals surface area contributed by atoms with Gasteiger partial charge in [0.1, 0.15) is 47.2 Å². The fraction of sp³-hybridized carbons (Fsp3) is 0.407. The van der Waals surface area contributed by atoms with E-state index in [1.165, 1.54) is 0 Å². The Labute approximate surface area is 215 Å². The van der Waals surface area contributed by atoms with Crippen molar-refractivity contribution < 1.29 is 39.4 Å². The highest BCUT2D eigenvalue weighted by molar-refractivity contribution is 5.43. The topological polar surface area (TPSA) is 144 Å². The van der Waals surface area contributed by atoms with E-state index in [9.17, 15) is 20.4 Å². The summed E-state index contributed by atoms with van der Waals surface area (Å²) in [6, 6.07) is 8.54. The molecule has 0 radical (unpaired) electrons. The number of aliphatic hydroxyl groups is 4. The van der Waals surface area contributed by atoms with Crippen LogP contribution < -0.4 is 9.47 Å². The van der Waals surface area contributed by atoms with E-state index in [0.29, 0.717) is 48.2 Å². The summed E-state index contributed by atoms with van der Waals surface area (Å²) in [5.74, 6) is 9.30. The van der Waals surface area contributed by atoms with Crippen LogP contribution in [0.3, 0.4) is 0 Å². The minimum absolute atomic E-state index is 0.135. The van der Waals surface area contributed by atoms with E-state index < -0.39 is 37.3 Å². The number of terminal acetylenes is 1. The fourth-order valence-corrected chi connectivity index (χ4v) is 3.32. The van der Waals surface area contributed by atoms with Gasteiger partial charge in [0.25, 0.3) is 0 Å². The van der Waals surface area contributed by atoms with Crippen LogP contribution in [0.4, 0.5) is 0 Å². The van der Waals surface area contributed by atoms with Crippen LogP contribution in [0.15, 0.2) is 43.0 Å². The zero-order valence-corrected chi connectivity index (χ0v) is 20.2. The third-order valence-corrected chi connectivity index (χ3v) is 5.25. The normalized spacial score (nSPS) is 22.8. The van der Waals surface area contributed by atoms with E-state index in [1.807, 2.05) is 0 Å². The van der Waals surface area contributed by atoms with Gasteiger partial charge in [0.15, 0.2) is 6.29 Å². The van der Waals surface area contributed by atoms with Crippen molar-refractivity contribution in [3.05, 3.63) is 60.1 Å². The predicted octanol–water partition coefficient (Wildman–Crippen LogP) is 0.398. The van der Waals surface area contributed by atoms with Crippen LogP contribution in [0.5, 0.6) is 11.6 Å². The van der Waals surface area contributed by atoms with Gasteiger partial charge in [-0.2, -0.15) is 0 Å². The van der Waals surface area contributed by atoms with E-state index >= 15 is 0 Å². The van der Waals surface area contributed by atoms with Crippen molar-refractivity contribution >= 4 is 0 Å². The van der Waals surface area contributed by atoms with Crippen LogP contribution in [0.2, 0.25) is 0 Å². The molecule has 10 nitrogen and oxygen atoms in total. The van der Waals surface area contributed by atoms with E-state index in [0.717, 1.165) is 0 Å². The standard InChI is InChI=1S/C27H30N2O8/c1-3-5-12-34-21-15-18(4-2)28-20(16-21)11-10-19-8-6-9-23(29-19)35-13-7-14-36-27-26(33)25(32)24(31)22(17-30)37-27/h2-3,6,8-9,15-16,22,24-27,30-33H,1,5,7,12-14,17H2/t22-,24+,25+,26-,27+/m1/s1. The van der Waals surface area contributed by atoms with Crippen molar-refractivity contribution in [3.63, 3.8) is 0 Å². The second-order valence-electron chi connectivity index (χ2n) is 8.02. The molecule has 196 valence electrons. The number of pyridine rings is 2. The van der Waals surface area contributed by atoms with Gasteiger partial charge in [-0.05, 0) is 24.3 Å². The number of rotatable bonds is 11. The molecule has 0 aromatic carbocycles. The smallest absolute Gasteiger partial charge is 0.214 e. The molecule has 0 unspecified atom stereocenters. The largest absolute Gasteiger partial charge is 0.493 e. The van der Waals surface area contributed by atoms with Crippen LogP contribution >= 0.6 is 0 Å². The maximum absolute atomic E-state index is 9.99. The molecule has 1 aliphatic heterocycles. The van der Waals surface area contributed by atoms with Gasteiger partial charge < -0.3 is 39.4 Å². The molecule has 0 saturated carbocycles. The predicted molar refractivity (Wildman–Crippen MR) is 133 cm³/mol. The first-order valence-electron chi connectivity index (χ1n) is 11.7. The lowest BCUT2D eigenvalue weighted by Gasteiger charge is -2.39. The highest BCUT2D eigenvalue weighted by atomic mass is 16.7. The molecule has 1 aliphatic rings. The van der Waals surface area contributed by atoms with Gasteiger partial charge in [-0.1, -0.05) is 18.1 Å². The Morgan fingerprint density at radius 1 is 0.973 bits per heavy atom. The Morgan fingerprint density at radius 2 is 1.76 bits per heavy atom. The molecule has 0 amide bonds. The quantitative estimate of drug-likeness (QED) is 0.190. The summed E-state index contributed by atoms with van der Waals surface area (Å²) in [7, 11) is 0. The number of hydrogen-bond donors (Lipinski definition) is 4. The molecule has 1 fully saturated rings. The Morgan fingerprint density at radius 3 is 2.51 bits per heavy atom. The summed E-state index contributed by atoms with van der Waals surface area (Å²) in [5.41, 5.74) is 1.33. The summed E-state index contributed by atoms with van der Waals surface area (Å²) in [6.07, 6.45) is 1.81. The molecule has 5 atom stereocenters. The zero-order chi connectivity index (χ0) is 26.6. The number of nitrogens with zero attached hydrogens (tertiary/aromatic N) is 2. The van der Waals surface area contributed by atoms with Crippen molar-refractivity contribution in [2.45, 2.75) is 43.5 Å². The summed E-state index contributed by atoms with van der Waals surface area (Å²) in [5, 5.41) is 38.8. The first-order valence-corrected chi connectivity index (χ1v) is 11.7. The third kappa shape index (κ3) is 8.27. The third-order valence-electron chi connectivity index (χ3n) is 5.25. The number of aliphatic hydroxyl groups excluding tert-OH is 4. The van der Waals surface area contributed by atoms with Crippen molar-refractivity contribution in [2.24, 2.45) is 0 Å². The van der Waals surface area contributed by atoms with E-state index in [-0.39, 0.29) is 13.2 Å².